The molecule has 136 valence electrons. The van der Waals surface area contributed by atoms with Gasteiger partial charge in [-0.25, -0.2) is 4.68 Å². The first-order chi connectivity index (χ1) is 11.6. The summed E-state index contributed by atoms with van der Waals surface area (Å²) in [6.45, 7) is 2.51. The van der Waals surface area contributed by atoms with Crippen molar-refractivity contribution in [3.05, 3.63) is 40.7 Å². The fourth-order valence-corrected chi connectivity index (χ4v) is 3.04. The van der Waals surface area contributed by atoms with Crippen molar-refractivity contribution in [1.82, 2.24) is 20.3 Å². The number of aromatic nitrogens is 3. The van der Waals surface area contributed by atoms with E-state index >= 15 is 0 Å². The molecule has 1 atom stereocenters. The van der Waals surface area contributed by atoms with Crippen LogP contribution in [0.25, 0.3) is 5.69 Å². The van der Waals surface area contributed by atoms with Crippen LogP contribution in [0.4, 0.5) is 0 Å². The van der Waals surface area contributed by atoms with Crippen molar-refractivity contribution in [2.75, 3.05) is 6.54 Å². The fraction of sp³-hybridized carbons (Fsp3) is 0.471. The van der Waals surface area contributed by atoms with Gasteiger partial charge in [-0.15, -0.1) is 17.5 Å². The Bertz CT molecular complexity index is 730. The maximum absolute atomic E-state index is 12.6. The number of nitrogens with two attached hydrogens (primary N) is 1. The molecule has 1 aliphatic carbocycles. The lowest BCUT2D eigenvalue weighted by Gasteiger charge is -2.15. The molecular weight excluding hydrogens is 361 g/mol. The molecule has 0 aliphatic heterocycles. The van der Waals surface area contributed by atoms with E-state index in [1.54, 1.807) is 10.7 Å². The Morgan fingerprint density at radius 3 is 2.84 bits per heavy atom. The van der Waals surface area contributed by atoms with Crippen LogP contribution in [0, 0.1) is 5.92 Å². The van der Waals surface area contributed by atoms with Gasteiger partial charge in [0.2, 0.25) is 0 Å². The van der Waals surface area contributed by atoms with E-state index in [1.807, 2.05) is 18.2 Å². The zero-order chi connectivity index (χ0) is 17.1. The number of carbonyl (C=O) groups excluding carboxylic acids is 1. The Morgan fingerprint density at radius 2 is 2.24 bits per heavy atom. The normalized spacial score (nSPS) is 14.7. The van der Waals surface area contributed by atoms with Crippen LogP contribution < -0.4 is 11.1 Å². The summed E-state index contributed by atoms with van der Waals surface area (Å²) in [6, 6.07) is 7.38. The molecule has 1 aliphatic rings. The number of carbonyl (C=O) groups is 1. The minimum atomic E-state index is -0.200. The Morgan fingerprint density at radius 1 is 1.48 bits per heavy atom. The molecule has 1 aromatic heterocycles. The first kappa shape index (κ1) is 19.7. The smallest absolute Gasteiger partial charge is 0.274 e. The molecule has 3 N–H and O–H groups in total. The number of rotatable bonds is 7. The summed E-state index contributed by atoms with van der Waals surface area (Å²) in [5.41, 5.74) is 7.75. The SMILES string of the molecule is CCCc1c(C(=O)NC(CN)C2CC2)nnn1-c1cccc(Cl)c1.Cl. The highest BCUT2D eigenvalue weighted by atomic mass is 35.5. The quantitative estimate of drug-likeness (QED) is 0.769. The molecular formula is C17H23Cl2N5O. The van der Waals surface area contributed by atoms with Gasteiger partial charge in [0.05, 0.1) is 11.4 Å². The second kappa shape index (κ2) is 8.65. The zero-order valence-corrected chi connectivity index (χ0v) is 15.7. The second-order valence-electron chi connectivity index (χ2n) is 6.18. The highest BCUT2D eigenvalue weighted by Gasteiger charge is 2.32. The van der Waals surface area contributed by atoms with E-state index < -0.39 is 0 Å². The highest BCUT2D eigenvalue weighted by molar-refractivity contribution is 6.30. The lowest BCUT2D eigenvalue weighted by Crippen LogP contribution is -2.42. The van der Waals surface area contributed by atoms with Crippen LogP contribution in [0.15, 0.2) is 24.3 Å². The number of nitrogens with zero attached hydrogens (tertiary/aromatic N) is 3. The maximum atomic E-state index is 12.6. The van der Waals surface area contributed by atoms with Crippen molar-refractivity contribution < 1.29 is 4.79 Å². The van der Waals surface area contributed by atoms with Crippen molar-refractivity contribution in [3.63, 3.8) is 0 Å². The van der Waals surface area contributed by atoms with Crippen molar-refractivity contribution >= 4 is 29.9 Å². The molecule has 1 aromatic carbocycles. The molecule has 3 rings (SSSR count). The zero-order valence-electron chi connectivity index (χ0n) is 14.1. The molecule has 0 radical (unpaired) electrons. The summed E-state index contributed by atoms with van der Waals surface area (Å²) >= 11 is 6.07. The van der Waals surface area contributed by atoms with Crippen LogP contribution in [0.5, 0.6) is 0 Å². The van der Waals surface area contributed by atoms with Crippen LogP contribution >= 0.6 is 24.0 Å². The number of hydrogen-bond acceptors (Lipinski definition) is 4. The van der Waals surface area contributed by atoms with E-state index in [4.69, 9.17) is 17.3 Å². The molecule has 1 heterocycles. The molecule has 0 bridgehead atoms. The Balaban J connectivity index is 0.00000225. The second-order valence-corrected chi connectivity index (χ2v) is 6.62. The summed E-state index contributed by atoms with van der Waals surface area (Å²) in [7, 11) is 0. The number of halogens is 2. The standard InChI is InChI=1S/C17H22ClN5O.ClH/c1-2-4-15-16(17(24)20-14(10-19)11-7-8-11)21-22-23(15)13-6-3-5-12(18)9-13;/h3,5-6,9,11,14H,2,4,7-8,10,19H2,1H3,(H,20,24);1H. The van der Waals surface area contributed by atoms with Gasteiger partial charge in [-0.1, -0.05) is 36.2 Å². The van der Waals surface area contributed by atoms with Gasteiger partial charge < -0.3 is 11.1 Å². The largest absolute Gasteiger partial charge is 0.346 e. The monoisotopic (exact) mass is 383 g/mol. The molecule has 6 nitrogen and oxygen atoms in total. The van der Waals surface area contributed by atoms with E-state index in [0.717, 1.165) is 30.6 Å². The van der Waals surface area contributed by atoms with Gasteiger partial charge >= 0.3 is 0 Å². The summed E-state index contributed by atoms with van der Waals surface area (Å²) in [5.74, 6) is 0.297. The van der Waals surface area contributed by atoms with Crippen LogP contribution in [0.2, 0.25) is 5.02 Å². The molecule has 1 saturated carbocycles. The number of hydrogen-bond donors (Lipinski definition) is 2. The number of benzene rings is 1. The van der Waals surface area contributed by atoms with E-state index in [0.29, 0.717) is 29.6 Å². The van der Waals surface area contributed by atoms with E-state index in [9.17, 15) is 4.79 Å². The molecule has 0 saturated heterocycles. The van der Waals surface area contributed by atoms with Gasteiger partial charge in [0.25, 0.3) is 5.91 Å². The van der Waals surface area contributed by atoms with Gasteiger partial charge in [0.1, 0.15) is 0 Å². The van der Waals surface area contributed by atoms with Crippen LogP contribution in [0.1, 0.15) is 42.4 Å². The van der Waals surface area contributed by atoms with Crippen molar-refractivity contribution in [3.8, 4) is 5.69 Å². The van der Waals surface area contributed by atoms with Crippen LogP contribution in [-0.2, 0) is 6.42 Å². The molecule has 1 fully saturated rings. The predicted molar refractivity (Wildman–Crippen MR) is 101 cm³/mol. The van der Waals surface area contributed by atoms with Crippen LogP contribution in [0.3, 0.4) is 0 Å². The Hall–Kier alpha value is -1.63. The average molecular weight is 384 g/mol. The number of amides is 1. The first-order valence-electron chi connectivity index (χ1n) is 8.35. The summed E-state index contributed by atoms with van der Waals surface area (Å²) < 4.78 is 1.69. The maximum Gasteiger partial charge on any atom is 0.274 e. The van der Waals surface area contributed by atoms with Gasteiger partial charge in [-0.3, -0.25) is 4.79 Å². The van der Waals surface area contributed by atoms with Gasteiger partial charge in [0.15, 0.2) is 5.69 Å². The molecule has 1 amide bonds. The lowest BCUT2D eigenvalue weighted by atomic mass is 10.1. The molecule has 0 spiro atoms. The third kappa shape index (κ3) is 4.51. The van der Waals surface area contributed by atoms with Crippen LogP contribution in [-0.4, -0.2) is 33.5 Å². The lowest BCUT2D eigenvalue weighted by molar-refractivity contribution is 0.0927. The molecule has 8 heteroatoms. The third-order valence-corrected chi connectivity index (χ3v) is 4.51. The van der Waals surface area contributed by atoms with E-state index in [2.05, 4.69) is 22.6 Å². The summed E-state index contributed by atoms with van der Waals surface area (Å²) in [5, 5.41) is 11.9. The first-order valence-corrected chi connectivity index (χ1v) is 8.73. The van der Waals surface area contributed by atoms with Crippen molar-refractivity contribution in [2.24, 2.45) is 11.7 Å². The third-order valence-electron chi connectivity index (χ3n) is 4.28. The summed E-state index contributed by atoms with van der Waals surface area (Å²) in [4.78, 5) is 12.6. The van der Waals surface area contributed by atoms with E-state index in [-0.39, 0.29) is 24.4 Å². The molecule has 1 unspecified atom stereocenters. The average Bonchev–Trinajstić information content (AvgIpc) is 3.33. The van der Waals surface area contributed by atoms with Crippen molar-refractivity contribution in [1.29, 1.82) is 0 Å². The Kier molecular flexibility index (Phi) is 6.81. The Labute approximate surface area is 158 Å². The number of nitrogens with one attached hydrogen (secondary N) is 1. The van der Waals surface area contributed by atoms with Gasteiger partial charge in [-0.2, -0.15) is 0 Å². The van der Waals surface area contributed by atoms with E-state index in [1.165, 1.54) is 0 Å². The fourth-order valence-electron chi connectivity index (χ4n) is 2.86. The van der Waals surface area contributed by atoms with Gasteiger partial charge in [0, 0.05) is 17.6 Å². The van der Waals surface area contributed by atoms with Crippen molar-refractivity contribution in [2.45, 2.75) is 38.6 Å². The molecule has 2 aromatic rings. The highest BCUT2D eigenvalue weighted by Crippen LogP contribution is 2.32. The minimum Gasteiger partial charge on any atom is -0.346 e. The predicted octanol–water partition coefficient (Wildman–Crippen LogP) is 2.76. The van der Waals surface area contributed by atoms with Gasteiger partial charge in [-0.05, 0) is 43.4 Å². The summed E-state index contributed by atoms with van der Waals surface area (Å²) in [6.07, 6.45) is 3.84. The topological polar surface area (TPSA) is 85.8 Å². The molecule has 25 heavy (non-hydrogen) atoms. The minimum absolute atomic E-state index is 0.